The normalized spacial score (nSPS) is 12.2. The molecule has 1 aromatic rings. The first-order valence-electron chi connectivity index (χ1n) is 6.23. The Morgan fingerprint density at radius 2 is 2.17 bits per heavy atom. The highest BCUT2D eigenvalue weighted by Gasteiger charge is 2.18. The van der Waals surface area contributed by atoms with E-state index in [4.69, 9.17) is 4.74 Å². The SMILES string of the molecule is CCNC(CC(=O)OCC)c1cc(F)ccc1C. The molecule has 0 amide bonds. The van der Waals surface area contributed by atoms with Gasteiger partial charge in [-0.2, -0.15) is 0 Å². The number of ether oxygens (including phenoxy) is 1. The average Bonchev–Trinajstić information content (AvgIpc) is 2.32. The Morgan fingerprint density at radius 3 is 2.78 bits per heavy atom. The molecule has 0 aliphatic rings. The highest BCUT2D eigenvalue weighted by Crippen LogP contribution is 2.22. The van der Waals surface area contributed by atoms with Gasteiger partial charge < -0.3 is 10.1 Å². The third-order valence-electron chi connectivity index (χ3n) is 2.74. The van der Waals surface area contributed by atoms with Crippen molar-refractivity contribution in [1.82, 2.24) is 5.32 Å². The summed E-state index contributed by atoms with van der Waals surface area (Å²) >= 11 is 0. The van der Waals surface area contributed by atoms with Gasteiger partial charge in [-0.3, -0.25) is 4.79 Å². The van der Waals surface area contributed by atoms with Crippen LogP contribution in [0, 0.1) is 12.7 Å². The number of nitrogens with one attached hydrogen (secondary N) is 1. The predicted molar refractivity (Wildman–Crippen MR) is 68.8 cm³/mol. The van der Waals surface area contributed by atoms with Crippen LogP contribution in [-0.4, -0.2) is 19.1 Å². The van der Waals surface area contributed by atoms with E-state index in [1.165, 1.54) is 12.1 Å². The molecule has 1 aromatic carbocycles. The molecular weight excluding hydrogens is 233 g/mol. The van der Waals surface area contributed by atoms with Crippen molar-refractivity contribution in [2.75, 3.05) is 13.2 Å². The number of hydrogen-bond acceptors (Lipinski definition) is 3. The molecule has 18 heavy (non-hydrogen) atoms. The Balaban J connectivity index is 2.89. The first-order valence-corrected chi connectivity index (χ1v) is 6.23. The Hall–Kier alpha value is -1.42. The lowest BCUT2D eigenvalue weighted by atomic mass is 9.98. The maximum Gasteiger partial charge on any atom is 0.307 e. The molecule has 0 heterocycles. The summed E-state index contributed by atoms with van der Waals surface area (Å²) in [4.78, 5) is 11.5. The molecule has 0 aliphatic heterocycles. The Bertz CT molecular complexity index is 407. The van der Waals surface area contributed by atoms with Crippen molar-refractivity contribution >= 4 is 5.97 Å². The fourth-order valence-electron chi connectivity index (χ4n) is 1.91. The highest BCUT2D eigenvalue weighted by atomic mass is 19.1. The van der Waals surface area contributed by atoms with Crippen LogP contribution in [0.2, 0.25) is 0 Å². The first-order chi connectivity index (χ1) is 8.58. The van der Waals surface area contributed by atoms with Gasteiger partial charge in [0.1, 0.15) is 5.82 Å². The molecule has 0 saturated heterocycles. The van der Waals surface area contributed by atoms with Crippen molar-refractivity contribution < 1.29 is 13.9 Å². The molecule has 0 radical (unpaired) electrons. The molecule has 1 N–H and O–H groups in total. The maximum absolute atomic E-state index is 13.3. The summed E-state index contributed by atoms with van der Waals surface area (Å²) in [7, 11) is 0. The van der Waals surface area contributed by atoms with Crippen molar-refractivity contribution in [2.45, 2.75) is 33.2 Å². The van der Waals surface area contributed by atoms with Gasteiger partial charge in [-0.05, 0) is 43.7 Å². The lowest BCUT2D eigenvalue weighted by Gasteiger charge is -2.19. The smallest absolute Gasteiger partial charge is 0.307 e. The van der Waals surface area contributed by atoms with Crippen molar-refractivity contribution in [2.24, 2.45) is 0 Å². The van der Waals surface area contributed by atoms with E-state index >= 15 is 0 Å². The van der Waals surface area contributed by atoms with Crippen LogP contribution in [0.1, 0.15) is 37.4 Å². The topological polar surface area (TPSA) is 38.3 Å². The van der Waals surface area contributed by atoms with E-state index in [0.29, 0.717) is 13.2 Å². The minimum absolute atomic E-state index is 0.204. The average molecular weight is 253 g/mol. The lowest BCUT2D eigenvalue weighted by Crippen LogP contribution is -2.25. The third-order valence-corrected chi connectivity index (χ3v) is 2.74. The summed E-state index contributed by atoms with van der Waals surface area (Å²) < 4.78 is 18.2. The van der Waals surface area contributed by atoms with Crippen molar-refractivity contribution in [3.63, 3.8) is 0 Å². The van der Waals surface area contributed by atoms with Crippen LogP contribution in [0.5, 0.6) is 0 Å². The molecule has 3 nitrogen and oxygen atoms in total. The molecule has 0 saturated carbocycles. The molecule has 100 valence electrons. The molecule has 0 aliphatic carbocycles. The van der Waals surface area contributed by atoms with E-state index in [1.54, 1.807) is 13.0 Å². The van der Waals surface area contributed by atoms with Crippen LogP contribution >= 0.6 is 0 Å². The summed E-state index contributed by atoms with van der Waals surface area (Å²) in [6.07, 6.45) is 0.214. The molecule has 0 fully saturated rings. The fraction of sp³-hybridized carbons (Fsp3) is 0.500. The summed E-state index contributed by atoms with van der Waals surface area (Å²) in [6.45, 7) is 6.70. The van der Waals surface area contributed by atoms with Gasteiger partial charge in [0.25, 0.3) is 0 Å². The van der Waals surface area contributed by atoms with Crippen LogP contribution in [0.4, 0.5) is 4.39 Å². The zero-order chi connectivity index (χ0) is 13.5. The van der Waals surface area contributed by atoms with E-state index in [0.717, 1.165) is 11.1 Å². The zero-order valence-corrected chi connectivity index (χ0v) is 11.1. The Morgan fingerprint density at radius 1 is 1.44 bits per heavy atom. The quantitative estimate of drug-likeness (QED) is 0.792. The number of halogens is 1. The van der Waals surface area contributed by atoms with Crippen LogP contribution in [-0.2, 0) is 9.53 Å². The van der Waals surface area contributed by atoms with Crippen molar-refractivity contribution in [3.05, 3.63) is 35.1 Å². The van der Waals surface area contributed by atoms with E-state index in [9.17, 15) is 9.18 Å². The maximum atomic E-state index is 13.3. The minimum Gasteiger partial charge on any atom is -0.466 e. The number of carbonyl (C=O) groups excluding carboxylic acids is 1. The standard InChI is InChI=1S/C14H20FNO2/c1-4-16-13(9-14(17)18-5-2)12-8-11(15)7-6-10(12)3/h6-8,13,16H,4-5,9H2,1-3H3. The van der Waals surface area contributed by atoms with E-state index < -0.39 is 0 Å². The molecular formula is C14H20FNO2. The second-order valence-electron chi connectivity index (χ2n) is 4.12. The molecule has 1 rings (SSSR count). The first kappa shape index (κ1) is 14.6. The number of benzene rings is 1. The number of aryl methyl sites for hydroxylation is 1. The lowest BCUT2D eigenvalue weighted by molar-refractivity contribution is -0.143. The summed E-state index contributed by atoms with van der Waals surface area (Å²) in [6, 6.07) is 4.42. The molecule has 0 spiro atoms. The van der Waals surface area contributed by atoms with Crippen LogP contribution in [0.15, 0.2) is 18.2 Å². The van der Waals surface area contributed by atoms with Gasteiger partial charge in [-0.1, -0.05) is 13.0 Å². The van der Waals surface area contributed by atoms with Gasteiger partial charge in [-0.15, -0.1) is 0 Å². The zero-order valence-electron chi connectivity index (χ0n) is 11.1. The molecule has 0 aromatic heterocycles. The van der Waals surface area contributed by atoms with Gasteiger partial charge in [0.2, 0.25) is 0 Å². The van der Waals surface area contributed by atoms with E-state index in [1.807, 2.05) is 13.8 Å². The van der Waals surface area contributed by atoms with E-state index in [-0.39, 0.29) is 24.2 Å². The van der Waals surface area contributed by atoms with Crippen LogP contribution in [0.25, 0.3) is 0 Å². The Kier molecular flexibility index (Phi) is 5.78. The van der Waals surface area contributed by atoms with Crippen LogP contribution in [0.3, 0.4) is 0 Å². The largest absolute Gasteiger partial charge is 0.466 e. The fourth-order valence-corrected chi connectivity index (χ4v) is 1.91. The van der Waals surface area contributed by atoms with Gasteiger partial charge in [0.05, 0.1) is 13.0 Å². The summed E-state index contributed by atoms with van der Waals surface area (Å²) in [5, 5.41) is 3.19. The van der Waals surface area contributed by atoms with Gasteiger partial charge in [0.15, 0.2) is 0 Å². The van der Waals surface area contributed by atoms with Gasteiger partial charge in [-0.25, -0.2) is 4.39 Å². The Labute approximate surface area is 107 Å². The van der Waals surface area contributed by atoms with Gasteiger partial charge >= 0.3 is 5.97 Å². The van der Waals surface area contributed by atoms with Crippen molar-refractivity contribution in [1.29, 1.82) is 0 Å². The van der Waals surface area contributed by atoms with Crippen molar-refractivity contribution in [3.8, 4) is 0 Å². The second-order valence-corrected chi connectivity index (χ2v) is 4.12. The monoisotopic (exact) mass is 253 g/mol. The molecule has 4 heteroatoms. The molecule has 1 unspecified atom stereocenters. The number of carbonyl (C=O) groups is 1. The van der Waals surface area contributed by atoms with Gasteiger partial charge in [0, 0.05) is 6.04 Å². The number of hydrogen-bond donors (Lipinski definition) is 1. The van der Waals surface area contributed by atoms with Crippen LogP contribution < -0.4 is 5.32 Å². The number of rotatable bonds is 6. The molecule has 1 atom stereocenters. The second kappa shape index (κ2) is 7.11. The summed E-state index contributed by atoms with van der Waals surface area (Å²) in [5.74, 6) is -0.561. The highest BCUT2D eigenvalue weighted by molar-refractivity contribution is 5.70. The molecule has 0 bridgehead atoms. The number of esters is 1. The third kappa shape index (κ3) is 4.11. The summed E-state index contributed by atoms with van der Waals surface area (Å²) in [5.41, 5.74) is 1.77. The predicted octanol–water partition coefficient (Wildman–Crippen LogP) is 2.74. The minimum atomic E-state index is -0.289. The van der Waals surface area contributed by atoms with E-state index in [2.05, 4.69) is 5.32 Å².